The van der Waals surface area contributed by atoms with Crippen LogP contribution in [0.1, 0.15) is 33.8 Å². The third-order valence-electron chi connectivity index (χ3n) is 5.42. The first kappa shape index (κ1) is 17.7. The van der Waals surface area contributed by atoms with Crippen LogP contribution in [0.25, 0.3) is 10.6 Å². The fraction of sp³-hybridized carbons (Fsp3) is 0.368. The maximum Gasteiger partial charge on any atom is 0.273 e. The van der Waals surface area contributed by atoms with Crippen molar-refractivity contribution in [3.05, 3.63) is 46.2 Å². The van der Waals surface area contributed by atoms with Crippen LogP contribution < -0.4 is 5.73 Å². The Morgan fingerprint density at radius 3 is 2.86 bits per heavy atom. The minimum Gasteiger partial charge on any atom is -0.375 e. The Labute approximate surface area is 170 Å². The zero-order valence-electron chi connectivity index (χ0n) is 15.1. The van der Waals surface area contributed by atoms with E-state index in [1.54, 1.807) is 35.3 Å². The minimum absolute atomic E-state index is 0.0515. The predicted molar refractivity (Wildman–Crippen MR) is 108 cm³/mol. The molecule has 9 heteroatoms. The smallest absolute Gasteiger partial charge is 0.273 e. The van der Waals surface area contributed by atoms with Crippen molar-refractivity contribution in [2.24, 2.45) is 0 Å². The van der Waals surface area contributed by atoms with E-state index in [0.29, 0.717) is 30.5 Å². The fourth-order valence-corrected chi connectivity index (χ4v) is 5.73. The highest BCUT2D eigenvalue weighted by Crippen LogP contribution is 2.46. The second-order valence-corrected chi connectivity index (χ2v) is 9.02. The highest BCUT2D eigenvalue weighted by molar-refractivity contribution is 7.15. The Hall–Kier alpha value is -2.36. The van der Waals surface area contributed by atoms with Gasteiger partial charge in [-0.15, -0.1) is 22.7 Å². The second kappa shape index (κ2) is 6.91. The molecule has 0 unspecified atom stereocenters. The molecule has 1 fully saturated rings. The summed E-state index contributed by atoms with van der Waals surface area (Å²) in [6.07, 6.45) is 7.68. The summed E-state index contributed by atoms with van der Waals surface area (Å²) in [5.74, 6) is -0.0515. The van der Waals surface area contributed by atoms with E-state index in [1.807, 2.05) is 4.90 Å². The summed E-state index contributed by atoms with van der Waals surface area (Å²) in [5.41, 5.74) is 7.94. The molecule has 28 heavy (non-hydrogen) atoms. The number of thiophene rings is 1. The van der Waals surface area contributed by atoms with E-state index >= 15 is 0 Å². The number of likely N-dealkylation sites (tertiary alicyclic amines) is 1. The number of anilines is 1. The van der Waals surface area contributed by atoms with Gasteiger partial charge >= 0.3 is 0 Å². The van der Waals surface area contributed by atoms with Gasteiger partial charge in [-0.2, -0.15) is 0 Å². The summed E-state index contributed by atoms with van der Waals surface area (Å²) in [4.78, 5) is 29.8. The molecule has 0 aliphatic carbocycles. The van der Waals surface area contributed by atoms with Gasteiger partial charge in [-0.05, 0) is 24.5 Å². The number of nitrogen functional groups attached to an aromatic ring is 1. The van der Waals surface area contributed by atoms with E-state index in [0.717, 1.165) is 29.8 Å². The Balaban J connectivity index is 1.38. The number of thiazole rings is 1. The van der Waals surface area contributed by atoms with E-state index in [1.165, 1.54) is 21.8 Å². The largest absolute Gasteiger partial charge is 0.375 e. The topological polar surface area (TPSA) is 94.2 Å². The monoisotopic (exact) mass is 413 g/mol. The van der Waals surface area contributed by atoms with E-state index in [9.17, 15) is 4.79 Å². The number of carbonyl (C=O) groups is 1. The maximum absolute atomic E-state index is 12.7. The van der Waals surface area contributed by atoms with Crippen molar-refractivity contribution in [3.63, 3.8) is 0 Å². The van der Waals surface area contributed by atoms with E-state index in [2.05, 4.69) is 21.0 Å². The zero-order chi connectivity index (χ0) is 19.1. The number of fused-ring (bicyclic) bond motifs is 2. The van der Waals surface area contributed by atoms with Crippen molar-refractivity contribution in [2.75, 3.05) is 25.4 Å². The highest BCUT2D eigenvalue weighted by Gasteiger charge is 2.43. The molecule has 0 bridgehead atoms. The molecule has 1 amide bonds. The Bertz CT molecular complexity index is 1010. The molecular formula is C19H19N5O2S2. The van der Waals surface area contributed by atoms with E-state index in [4.69, 9.17) is 10.5 Å². The molecule has 0 saturated carbocycles. The standard InChI is InChI=1S/C19H19N5O2S2/c20-18-23-14(11-27-18)17(25)24-6-2-19(3-7-24)12-9-16(13-10-21-4-5-22-13)28-15(12)1-8-26-19/h4-5,9-11H,1-3,6-8H2,(H2,20,23). The average molecular weight is 414 g/mol. The van der Waals surface area contributed by atoms with Crippen LogP contribution in [0.3, 0.4) is 0 Å². The van der Waals surface area contributed by atoms with Crippen LogP contribution in [0.2, 0.25) is 0 Å². The van der Waals surface area contributed by atoms with Gasteiger partial charge in [-0.1, -0.05) is 0 Å². The first-order valence-corrected chi connectivity index (χ1v) is 10.9. The number of carbonyl (C=O) groups excluding carboxylic acids is 1. The lowest BCUT2D eigenvalue weighted by Crippen LogP contribution is -2.48. The molecule has 2 aliphatic rings. The van der Waals surface area contributed by atoms with Crippen LogP contribution in [-0.2, 0) is 16.8 Å². The van der Waals surface area contributed by atoms with Crippen molar-refractivity contribution < 1.29 is 9.53 Å². The van der Waals surface area contributed by atoms with Gasteiger partial charge < -0.3 is 15.4 Å². The van der Waals surface area contributed by atoms with Crippen molar-refractivity contribution in [2.45, 2.75) is 24.9 Å². The molecule has 2 aliphatic heterocycles. The molecule has 5 heterocycles. The molecule has 3 aromatic rings. The first-order valence-electron chi connectivity index (χ1n) is 9.18. The number of hydrogen-bond donors (Lipinski definition) is 1. The molecular weight excluding hydrogens is 394 g/mol. The van der Waals surface area contributed by atoms with E-state index < -0.39 is 0 Å². The summed E-state index contributed by atoms with van der Waals surface area (Å²) in [6, 6.07) is 2.21. The molecule has 0 atom stereocenters. The van der Waals surface area contributed by atoms with Gasteiger partial charge in [0.15, 0.2) is 5.13 Å². The molecule has 3 aromatic heterocycles. The lowest BCUT2D eigenvalue weighted by atomic mass is 9.82. The van der Waals surface area contributed by atoms with Gasteiger partial charge in [0.1, 0.15) is 5.69 Å². The number of amides is 1. The zero-order valence-corrected chi connectivity index (χ0v) is 16.8. The van der Waals surface area contributed by atoms with Crippen LogP contribution in [0, 0.1) is 0 Å². The SMILES string of the molecule is Nc1nc(C(=O)N2CCC3(CC2)OCCc2sc(-c4cnccn4)cc23)cs1. The second-order valence-electron chi connectivity index (χ2n) is 6.99. The Morgan fingerprint density at radius 2 is 2.14 bits per heavy atom. The van der Waals surface area contributed by atoms with E-state index in [-0.39, 0.29) is 11.5 Å². The number of piperidine rings is 1. The number of aromatic nitrogens is 3. The summed E-state index contributed by atoms with van der Waals surface area (Å²) >= 11 is 3.07. The van der Waals surface area contributed by atoms with Crippen LogP contribution in [0.15, 0.2) is 30.0 Å². The third kappa shape index (κ3) is 2.99. The van der Waals surface area contributed by atoms with Gasteiger partial charge in [0.05, 0.1) is 29.0 Å². The number of rotatable bonds is 2. The lowest BCUT2D eigenvalue weighted by molar-refractivity contribution is -0.0926. The Morgan fingerprint density at radius 1 is 1.29 bits per heavy atom. The summed E-state index contributed by atoms with van der Waals surface area (Å²) in [6.45, 7) is 2.00. The normalized spacial score (nSPS) is 18.2. The fourth-order valence-electron chi connectivity index (χ4n) is 4.00. The Kier molecular flexibility index (Phi) is 4.37. The molecule has 0 aromatic carbocycles. The number of ether oxygens (including phenoxy) is 1. The maximum atomic E-state index is 12.7. The predicted octanol–water partition coefficient (Wildman–Crippen LogP) is 2.95. The van der Waals surface area contributed by atoms with Crippen LogP contribution in [0.5, 0.6) is 0 Å². The number of hydrogen-bond acceptors (Lipinski definition) is 8. The average Bonchev–Trinajstić information content (AvgIpc) is 3.36. The van der Waals surface area contributed by atoms with Crippen LogP contribution >= 0.6 is 22.7 Å². The minimum atomic E-state index is -0.317. The molecule has 0 radical (unpaired) electrons. The summed E-state index contributed by atoms with van der Waals surface area (Å²) < 4.78 is 6.32. The van der Waals surface area contributed by atoms with Gasteiger partial charge in [-0.25, -0.2) is 4.98 Å². The third-order valence-corrected chi connectivity index (χ3v) is 7.31. The number of nitrogens with zero attached hydrogens (tertiary/aromatic N) is 4. The van der Waals surface area contributed by atoms with Crippen LogP contribution in [0.4, 0.5) is 5.13 Å². The molecule has 7 nitrogen and oxygen atoms in total. The van der Waals surface area contributed by atoms with Gasteiger partial charge in [-0.3, -0.25) is 14.8 Å². The van der Waals surface area contributed by atoms with Crippen molar-refractivity contribution in [1.82, 2.24) is 19.9 Å². The molecule has 1 saturated heterocycles. The van der Waals surface area contributed by atoms with Gasteiger partial charge in [0.25, 0.3) is 5.91 Å². The molecule has 5 rings (SSSR count). The lowest BCUT2D eigenvalue weighted by Gasteiger charge is -2.43. The van der Waals surface area contributed by atoms with Gasteiger partial charge in [0, 0.05) is 42.2 Å². The molecule has 1 spiro atoms. The summed E-state index contributed by atoms with van der Waals surface area (Å²) in [7, 11) is 0. The first-order chi connectivity index (χ1) is 13.6. The van der Waals surface area contributed by atoms with Gasteiger partial charge in [0.2, 0.25) is 0 Å². The number of nitrogens with two attached hydrogens (primary N) is 1. The van der Waals surface area contributed by atoms with Crippen molar-refractivity contribution >= 4 is 33.7 Å². The molecule has 144 valence electrons. The molecule has 2 N–H and O–H groups in total. The van der Waals surface area contributed by atoms with Crippen LogP contribution in [-0.4, -0.2) is 45.5 Å². The highest BCUT2D eigenvalue weighted by atomic mass is 32.1. The van der Waals surface area contributed by atoms with Crippen molar-refractivity contribution in [3.8, 4) is 10.6 Å². The summed E-state index contributed by atoms with van der Waals surface area (Å²) in [5, 5.41) is 2.15. The van der Waals surface area contributed by atoms with Crippen molar-refractivity contribution in [1.29, 1.82) is 0 Å². The quantitative estimate of drug-likeness (QED) is 0.694.